The first-order valence-electron chi connectivity index (χ1n) is 7.13. The summed E-state index contributed by atoms with van der Waals surface area (Å²) < 4.78 is 0. The Morgan fingerprint density at radius 2 is 1.95 bits per heavy atom. The fraction of sp³-hybridized carbons (Fsp3) is 0.467. The lowest BCUT2D eigenvalue weighted by molar-refractivity contribution is -0.118. The molecule has 1 aromatic rings. The van der Waals surface area contributed by atoms with Crippen LogP contribution in [0.3, 0.4) is 0 Å². The summed E-state index contributed by atoms with van der Waals surface area (Å²) in [5.41, 5.74) is 1.17. The summed E-state index contributed by atoms with van der Waals surface area (Å²) in [4.78, 5) is 15.3. The summed E-state index contributed by atoms with van der Waals surface area (Å²) in [6.45, 7) is 6.21. The Hall–Kier alpha value is -1.02. The Morgan fingerprint density at radius 1 is 1.23 bits per heavy atom. The van der Waals surface area contributed by atoms with Gasteiger partial charge in [0.2, 0.25) is 5.91 Å². The summed E-state index contributed by atoms with van der Waals surface area (Å²) in [6.07, 6.45) is 0.836. The number of halogens is 2. The summed E-state index contributed by atoms with van der Waals surface area (Å²) in [7, 11) is 0. The number of nitrogens with one attached hydrogen (secondary N) is 3. The van der Waals surface area contributed by atoms with Crippen LogP contribution in [-0.2, 0) is 11.2 Å². The van der Waals surface area contributed by atoms with Crippen molar-refractivity contribution in [1.29, 1.82) is 0 Å². The quantitative estimate of drug-likeness (QED) is 0.265. The van der Waals surface area contributed by atoms with E-state index in [0.717, 1.165) is 23.9 Å². The lowest BCUT2D eigenvalue weighted by atomic mass is 10.1. The molecule has 124 valence electrons. The number of amides is 1. The largest absolute Gasteiger partial charge is 0.357 e. The van der Waals surface area contributed by atoms with E-state index in [1.165, 1.54) is 12.5 Å². The minimum Gasteiger partial charge on any atom is -0.357 e. The first kappa shape index (κ1) is 21.0. The van der Waals surface area contributed by atoms with E-state index in [1.807, 2.05) is 31.2 Å². The van der Waals surface area contributed by atoms with Crippen LogP contribution in [0, 0.1) is 0 Å². The third-order valence-corrected chi connectivity index (χ3v) is 2.93. The van der Waals surface area contributed by atoms with Crippen LogP contribution in [-0.4, -0.2) is 38.0 Å². The van der Waals surface area contributed by atoms with E-state index in [4.69, 9.17) is 11.6 Å². The van der Waals surface area contributed by atoms with Gasteiger partial charge in [-0.15, -0.1) is 24.0 Å². The van der Waals surface area contributed by atoms with Crippen LogP contribution in [0.2, 0.25) is 5.02 Å². The first-order chi connectivity index (χ1) is 10.1. The molecule has 22 heavy (non-hydrogen) atoms. The number of rotatable bonds is 7. The highest BCUT2D eigenvalue weighted by molar-refractivity contribution is 14.0. The molecule has 0 saturated carbocycles. The van der Waals surface area contributed by atoms with Crippen LogP contribution >= 0.6 is 35.6 Å². The Labute approximate surface area is 154 Å². The SMILES string of the molecule is CCNC(=NCCc1cccc(Cl)c1)NCCNC(C)=O.I. The lowest BCUT2D eigenvalue weighted by Gasteiger charge is -2.11. The maximum absolute atomic E-state index is 10.8. The van der Waals surface area contributed by atoms with E-state index in [9.17, 15) is 4.79 Å². The lowest BCUT2D eigenvalue weighted by Crippen LogP contribution is -2.41. The number of carbonyl (C=O) groups is 1. The Bertz CT molecular complexity index is 482. The van der Waals surface area contributed by atoms with E-state index in [2.05, 4.69) is 20.9 Å². The molecule has 1 aromatic carbocycles. The third-order valence-electron chi connectivity index (χ3n) is 2.70. The van der Waals surface area contributed by atoms with Gasteiger partial charge in [0.05, 0.1) is 0 Å². The maximum Gasteiger partial charge on any atom is 0.216 e. The minimum atomic E-state index is -0.0281. The van der Waals surface area contributed by atoms with Crippen LogP contribution in [0.15, 0.2) is 29.3 Å². The van der Waals surface area contributed by atoms with Crippen LogP contribution in [0.5, 0.6) is 0 Å². The maximum atomic E-state index is 10.8. The molecule has 5 nitrogen and oxygen atoms in total. The van der Waals surface area contributed by atoms with Gasteiger partial charge in [-0.3, -0.25) is 9.79 Å². The molecule has 0 saturated heterocycles. The van der Waals surface area contributed by atoms with Crippen molar-refractivity contribution in [1.82, 2.24) is 16.0 Å². The molecule has 0 fully saturated rings. The van der Waals surface area contributed by atoms with Crippen LogP contribution in [0.25, 0.3) is 0 Å². The van der Waals surface area contributed by atoms with Crippen molar-refractivity contribution in [3.05, 3.63) is 34.9 Å². The number of aliphatic imine (C=N–C) groups is 1. The molecular weight excluding hydrogens is 415 g/mol. The van der Waals surface area contributed by atoms with Gasteiger partial charge in [0.25, 0.3) is 0 Å². The summed E-state index contributed by atoms with van der Waals surface area (Å²) in [5.74, 6) is 0.726. The highest BCUT2D eigenvalue weighted by Crippen LogP contribution is 2.10. The van der Waals surface area contributed by atoms with Crippen LogP contribution in [0.1, 0.15) is 19.4 Å². The van der Waals surface area contributed by atoms with E-state index in [1.54, 1.807) is 0 Å². The standard InChI is InChI=1S/C15H23ClN4O.HI/c1-3-17-15(20-10-9-18-12(2)21)19-8-7-13-5-4-6-14(16)11-13;/h4-6,11H,3,7-10H2,1-2H3,(H,18,21)(H2,17,19,20);1H. The highest BCUT2D eigenvalue weighted by atomic mass is 127. The number of guanidine groups is 1. The van der Waals surface area contributed by atoms with Gasteiger partial charge in [-0.2, -0.15) is 0 Å². The fourth-order valence-corrected chi connectivity index (χ4v) is 1.96. The molecule has 0 aliphatic carbocycles. The van der Waals surface area contributed by atoms with Gasteiger partial charge >= 0.3 is 0 Å². The molecule has 3 N–H and O–H groups in total. The van der Waals surface area contributed by atoms with Crippen molar-refractivity contribution >= 4 is 47.4 Å². The third kappa shape index (κ3) is 9.83. The Balaban J connectivity index is 0.00000441. The molecule has 0 aliphatic heterocycles. The normalized spacial score (nSPS) is 10.6. The molecular formula is C15H24ClIN4O. The molecule has 0 spiro atoms. The summed E-state index contributed by atoms with van der Waals surface area (Å²) >= 11 is 5.95. The first-order valence-corrected chi connectivity index (χ1v) is 7.50. The van der Waals surface area contributed by atoms with Gasteiger partial charge in [0.15, 0.2) is 5.96 Å². The van der Waals surface area contributed by atoms with E-state index in [-0.39, 0.29) is 29.9 Å². The average Bonchev–Trinajstić information content (AvgIpc) is 2.43. The molecule has 7 heteroatoms. The number of benzene rings is 1. The molecule has 0 heterocycles. The molecule has 0 unspecified atom stereocenters. The number of hydrogen-bond acceptors (Lipinski definition) is 2. The number of hydrogen-bond donors (Lipinski definition) is 3. The van der Waals surface area contributed by atoms with Crippen molar-refractivity contribution in [3.8, 4) is 0 Å². The second-order valence-electron chi connectivity index (χ2n) is 4.55. The second kappa shape index (κ2) is 12.5. The molecule has 0 aliphatic rings. The van der Waals surface area contributed by atoms with Crippen molar-refractivity contribution in [2.45, 2.75) is 20.3 Å². The zero-order valence-electron chi connectivity index (χ0n) is 13.0. The van der Waals surface area contributed by atoms with Crippen LogP contribution < -0.4 is 16.0 Å². The molecule has 0 radical (unpaired) electrons. The molecule has 0 aromatic heterocycles. The molecule has 0 bridgehead atoms. The molecule has 1 rings (SSSR count). The van der Waals surface area contributed by atoms with Crippen molar-refractivity contribution in [2.24, 2.45) is 4.99 Å². The predicted octanol–water partition coefficient (Wildman–Crippen LogP) is 2.19. The molecule has 1 amide bonds. The predicted molar refractivity (Wildman–Crippen MR) is 103 cm³/mol. The molecule has 0 atom stereocenters. The van der Waals surface area contributed by atoms with E-state index in [0.29, 0.717) is 19.6 Å². The van der Waals surface area contributed by atoms with Gasteiger partial charge in [0, 0.05) is 38.1 Å². The van der Waals surface area contributed by atoms with Gasteiger partial charge in [0.1, 0.15) is 0 Å². The van der Waals surface area contributed by atoms with Crippen molar-refractivity contribution in [2.75, 3.05) is 26.2 Å². The highest BCUT2D eigenvalue weighted by Gasteiger charge is 1.98. The monoisotopic (exact) mass is 438 g/mol. The van der Waals surface area contributed by atoms with E-state index < -0.39 is 0 Å². The number of nitrogens with zero attached hydrogens (tertiary/aromatic N) is 1. The Morgan fingerprint density at radius 3 is 2.59 bits per heavy atom. The minimum absolute atomic E-state index is 0. The van der Waals surface area contributed by atoms with Gasteiger partial charge in [-0.05, 0) is 31.0 Å². The number of carbonyl (C=O) groups excluding carboxylic acids is 1. The van der Waals surface area contributed by atoms with Crippen molar-refractivity contribution in [3.63, 3.8) is 0 Å². The Kier molecular flexibility index (Phi) is 11.9. The topological polar surface area (TPSA) is 65.5 Å². The zero-order valence-corrected chi connectivity index (χ0v) is 16.1. The van der Waals surface area contributed by atoms with Gasteiger partial charge in [-0.25, -0.2) is 0 Å². The van der Waals surface area contributed by atoms with Gasteiger partial charge in [-0.1, -0.05) is 23.7 Å². The fourth-order valence-electron chi connectivity index (χ4n) is 1.75. The second-order valence-corrected chi connectivity index (χ2v) is 4.99. The van der Waals surface area contributed by atoms with Crippen LogP contribution in [0.4, 0.5) is 0 Å². The smallest absolute Gasteiger partial charge is 0.216 e. The summed E-state index contributed by atoms with van der Waals surface area (Å²) in [5, 5.41) is 9.82. The van der Waals surface area contributed by atoms with E-state index >= 15 is 0 Å². The zero-order chi connectivity index (χ0) is 15.5. The van der Waals surface area contributed by atoms with Crippen molar-refractivity contribution < 1.29 is 4.79 Å². The average molecular weight is 439 g/mol. The van der Waals surface area contributed by atoms with Gasteiger partial charge < -0.3 is 16.0 Å². The summed E-state index contributed by atoms with van der Waals surface area (Å²) in [6, 6.07) is 7.80.